The summed E-state index contributed by atoms with van der Waals surface area (Å²) in [6.45, 7) is 3.35. The molecule has 298 valence electrons. The third-order valence-electron chi connectivity index (χ3n) is 8.28. The van der Waals surface area contributed by atoms with Crippen LogP contribution in [-0.2, 0) is 27.9 Å². The third kappa shape index (κ3) is 38.0. The lowest BCUT2D eigenvalue weighted by Gasteiger charge is -2.20. The van der Waals surface area contributed by atoms with Gasteiger partial charge in [0.05, 0.1) is 26.4 Å². The maximum absolute atomic E-state index is 12.5. The Morgan fingerprint density at radius 3 is 1.69 bits per heavy atom. The van der Waals surface area contributed by atoms with E-state index in [4.69, 9.17) is 23.6 Å². The maximum Gasteiger partial charge on any atom is 0.472 e. The third-order valence-corrected chi connectivity index (χ3v) is 9.23. The van der Waals surface area contributed by atoms with E-state index in [0.717, 1.165) is 70.6 Å². The number of phosphoric ester groups is 1. The van der Waals surface area contributed by atoms with E-state index < -0.39 is 39.2 Å². The summed E-state index contributed by atoms with van der Waals surface area (Å²) in [4.78, 5) is 22.4. The first-order chi connectivity index (χ1) is 24.8. The van der Waals surface area contributed by atoms with Crippen LogP contribution >= 0.6 is 7.82 Å². The second-order valence-corrected chi connectivity index (χ2v) is 14.7. The minimum atomic E-state index is -4.51. The molecule has 0 heterocycles. The van der Waals surface area contributed by atoms with Crippen LogP contribution in [0.15, 0.2) is 48.6 Å². The quantitative estimate of drug-likeness (QED) is 0.0245. The summed E-state index contributed by atoms with van der Waals surface area (Å²) in [6, 6.07) is 0. The lowest BCUT2D eigenvalue weighted by molar-refractivity contribution is -0.154. The molecule has 9 nitrogen and oxygen atoms in total. The van der Waals surface area contributed by atoms with E-state index in [9.17, 15) is 19.4 Å². The van der Waals surface area contributed by atoms with Crippen molar-refractivity contribution in [1.29, 1.82) is 0 Å². The molecule has 3 N–H and O–H groups in total. The fourth-order valence-corrected chi connectivity index (χ4v) is 6.02. The van der Waals surface area contributed by atoms with Gasteiger partial charge in [-0.1, -0.05) is 152 Å². The molecule has 3 atom stereocenters. The van der Waals surface area contributed by atoms with Gasteiger partial charge in [0, 0.05) is 13.0 Å². The van der Waals surface area contributed by atoms with Gasteiger partial charge in [0.25, 0.3) is 0 Å². The molecule has 0 bridgehead atoms. The molecule has 3 unspecified atom stereocenters. The molecule has 0 saturated carbocycles. The van der Waals surface area contributed by atoms with Crippen molar-refractivity contribution < 1.29 is 43.0 Å². The molecule has 0 saturated heterocycles. The smallest absolute Gasteiger partial charge is 0.457 e. The maximum atomic E-state index is 12.5. The van der Waals surface area contributed by atoms with Crippen LogP contribution in [0.2, 0.25) is 0 Å². The number of phosphoric acid groups is 1. The van der Waals surface area contributed by atoms with Crippen molar-refractivity contribution in [2.24, 2.45) is 0 Å². The minimum Gasteiger partial charge on any atom is -0.457 e. The first-order valence-corrected chi connectivity index (χ1v) is 21.6. The van der Waals surface area contributed by atoms with Crippen LogP contribution in [0.1, 0.15) is 162 Å². The molecule has 0 amide bonds. The minimum absolute atomic E-state index is 0.0450. The number of hydrogen-bond acceptors (Lipinski definition) is 8. The number of aliphatic hydroxyl groups is 2. The molecule has 0 aromatic heterocycles. The molecule has 0 rings (SSSR count). The number of ether oxygens (including phenoxy) is 2. The van der Waals surface area contributed by atoms with Gasteiger partial charge in [-0.05, 0) is 51.4 Å². The highest BCUT2D eigenvalue weighted by Crippen LogP contribution is 2.43. The van der Waals surface area contributed by atoms with Gasteiger partial charge in [-0.2, -0.15) is 0 Å². The molecule has 0 spiro atoms. The zero-order valence-electron chi connectivity index (χ0n) is 32.3. The van der Waals surface area contributed by atoms with Crippen LogP contribution in [0, 0.1) is 0 Å². The number of allylic oxidation sites excluding steroid dienone is 8. The summed E-state index contributed by atoms with van der Waals surface area (Å²) in [5, 5.41) is 18.3. The lowest BCUT2D eigenvalue weighted by Crippen LogP contribution is -2.29. The molecule has 0 fully saturated rings. The average molecular weight is 743 g/mol. The van der Waals surface area contributed by atoms with Crippen molar-refractivity contribution in [3.05, 3.63) is 48.6 Å². The van der Waals surface area contributed by atoms with Gasteiger partial charge < -0.3 is 24.6 Å². The number of esters is 1. The van der Waals surface area contributed by atoms with Crippen LogP contribution in [0.3, 0.4) is 0 Å². The molecule has 0 aliphatic carbocycles. The van der Waals surface area contributed by atoms with Crippen LogP contribution in [0.5, 0.6) is 0 Å². The second-order valence-electron chi connectivity index (χ2n) is 13.3. The Balaban J connectivity index is 4.07. The Bertz CT molecular complexity index is 934. The van der Waals surface area contributed by atoms with Crippen molar-refractivity contribution in [3.8, 4) is 0 Å². The van der Waals surface area contributed by atoms with Gasteiger partial charge in [-0.15, -0.1) is 0 Å². The van der Waals surface area contributed by atoms with Crippen molar-refractivity contribution >= 4 is 13.8 Å². The van der Waals surface area contributed by atoms with Gasteiger partial charge in [0.1, 0.15) is 12.2 Å². The average Bonchev–Trinajstić information content (AvgIpc) is 3.12. The van der Waals surface area contributed by atoms with Crippen molar-refractivity contribution in [3.63, 3.8) is 0 Å². The molecule has 0 aromatic carbocycles. The van der Waals surface area contributed by atoms with Crippen LogP contribution < -0.4 is 0 Å². The standard InChI is InChI=1S/C41H75O9P/c1-3-5-7-9-11-13-14-15-16-17-18-19-20-21-22-23-24-25-26-28-30-32-34-47-37-40(38-49-51(45,46)48-36-39(43)35-42)50-41(44)33-31-29-27-12-10-8-6-4-2/h5,7,11,13,15-16,18-19,39-40,42-43H,3-4,6,8-10,12,14,17,20-38H2,1-2H3,(H,45,46)/b7-5-,13-11-,16-15-,19-18-. The predicted molar refractivity (Wildman–Crippen MR) is 210 cm³/mol. The summed E-state index contributed by atoms with van der Waals surface area (Å²) in [5.41, 5.74) is 0. The second kappa shape index (κ2) is 38.2. The van der Waals surface area contributed by atoms with E-state index >= 15 is 0 Å². The highest BCUT2D eigenvalue weighted by molar-refractivity contribution is 7.47. The number of unbranched alkanes of at least 4 members (excludes halogenated alkanes) is 16. The SMILES string of the molecule is CC/C=C\C/C=C\C/C=C\C/C=C\CCCCCCCCCCCOCC(COP(=O)(O)OCC(O)CO)OC(=O)CCCCCCCCCC. The number of carbonyl (C=O) groups excluding carboxylic acids is 1. The van der Waals surface area contributed by atoms with Gasteiger partial charge in [0.15, 0.2) is 0 Å². The van der Waals surface area contributed by atoms with Gasteiger partial charge >= 0.3 is 13.8 Å². The Morgan fingerprint density at radius 1 is 0.627 bits per heavy atom. The van der Waals surface area contributed by atoms with Gasteiger partial charge in [-0.3, -0.25) is 13.8 Å². The first kappa shape index (κ1) is 49.4. The summed E-state index contributed by atoms with van der Waals surface area (Å²) >= 11 is 0. The Labute approximate surface area is 311 Å². The normalized spacial score (nSPS) is 14.7. The summed E-state index contributed by atoms with van der Waals surface area (Å²) in [6.07, 6.45) is 40.9. The van der Waals surface area contributed by atoms with E-state index in [1.807, 2.05) is 0 Å². The molecular weight excluding hydrogens is 667 g/mol. The van der Waals surface area contributed by atoms with E-state index in [-0.39, 0.29) is 19.6 Å². The zero-order valence-corrected chi connectivity index (χ0v) is 33.2. The lowest BCUT2D eigenvalue weighted by atomic mass is 10.1. The fraction of sp³-hybridized carbons (Fsp3) is 0.780. The number of hydrogen-bond donors (Lipinski definition) is 3. The van der Waals surface area contributed by atoms with E-state index in [2.05, 4.69) is 62.5 Å². The molecule has 0 aliphatic rings. The molecule has 0 aromatic rings. The van der Waals surface area contributed by atoms with Crippen molar-refractivity contribution in [2.75, 3.05) is 33.0 Å². The molecular formula is C41H75O9P. The fourth-order valence-electron chi connectivity index (χ4n) is 5.23. The monoisotopic (exact) mass is 743 g/mol. The molecule has 10 heteroatoms. The van der Waals surface area contributed by atoms with E-state index in [1.165, 1.54) is 70.6 Å². The number of carbonyl (C=O) groups is 1. The van der Waals surface area contributed by atoms with Gasteiger partial charge in [0.2, 0.25) is 0 Å². The zero-order chi connectivity index (χ0) is 37.5. The van der Waals surface area contributed by atoms with Crippen LogP contribution in [-0.4, -0.2) is 66.3 Å². The van der Waals surface area contributed by atoms with Crippen LogP contribution in [0.4, 0.5) is 0 Å². The van der Waals surface area contributed by atoms with Crippen LogP contribution in [0.25, 0.3) is 0 Å². The number of rotatable bonds is 38. The van der Waals surface area contributed by atoms with E-state index in [1.54, 1.807) is 0 Å². The largest absolute Gasteiger partial charge is 0.472 e. The summed E-state index contributed by atoms with van der Waals surface area (Å²) < 4.78 is 33.2. The molecule has 51 heavy (non-hydrogen) atoms. The summed E-state index contributed by atoms with van der Waals surface area (Å²) in [7, 11) is -4.51. The molecule has 0 aliphatic heterocycles. The topological polar surface area (TPSA) is 132 Å². The summed E-state index contributed by atoms with van der Waals surface area (Å²) in [5.74, 6) is -0.391. The van der Waals surface area contributed by atoms with E-state index in [0.29, 0.717) is 6.61 Å². The van der Waals surface area contributed by atoms with Crippen molar-refractivity contribution in [1.82, 2.24) is 0 Å². The highest BCUT2D eigenvalue weighted by atomic mass is 31.2. The Morgan fingerprint density at radius 2 is 1.12 bits per heavy atom. The number of aliphatic hydroxyl groups excluding tert-OH is 2. The molecule has 0 radical (unpaired) electrons. The van der Waals surface area contributed by atoms with Crippen molar-refractivity contribution in [2.45, 2.75) is 174 Å². The first-order valence-electron chi connectivity index (χ1n) is 20.1. The Hall–Kier alpha value is -1.58. The Kier molecular flexibility index (Phi) is 37.0. The highest BCUT2D eigenvalue weighted by Gasteiger charge is 2.26. The van der Waals surface area contributed by atoms with Gasteiger partial charge in [-0.25, -0.2) is 4.57 Å². The predicted octanol–water partition coefficient (Wildman–Crippen LogP) is 10.6.